The number of aryl methyl sites for hydroxylation is 2. The number of rotatable bonds is 5. The Morgan fingerprint density at radius 2 is 1.88 bits per heavy atom. The Kier molecular flexibility index (Phi) is 5.06. The van der Waals surface area contributed by atoms with Crippen molar-refractivity contribution in [3.8, 4) is 11.5 Å². The standard InChI is InChI=1S/C25H26N6O3/c1-15-9-16(2)22-18(10-15)12-19(25(32)26-22)23(30-7-3-4-8-30)24-27-28-29-31(24)13-17-5-6-20-21(11-17)34-14-33-20/h5-6,9-12,23H,3-4,7-8,13-14H2,1-2H3,(H,26,32)/t23-/m1/s1. The zero-order chi connectivity index (χ0) is 23.2. The van der Waals surface area contributed by atoms with Crippen molar-refractivity contribution in [2.45, 2.75) is 39.3 Å². The molecule has 1 saturated heterocycles. The van der Waals surface area contributed by atoms with Crippen molar-refractivity contribution in [2.24, 2.45) is 0 Å². The van der Waals surface area contributed by atoms with Gasteiger partial charge in [0.05, 0.1) is 12.1 Å². The van der Waals surface area contributed by atoms with Crippen LogP contribution in [0.3, 0.4) is 0 Å². The third-order valence-electron chi connectivity index (χ3n) is 6.70. The molecule has 0 bridgehead atoms. The number of ether oxygens (including phenoxy) is 2. The molecule has 0 radical (unpaired) electrons. The van der Waals surface area contributed by atoms with Gasteiger partial charge >= 0.3 is 0 Å². The number of pyridine rings is 1. The maximum Gasteiger partial charge on any atom is 0.253 e. The lowest BCUT2D eigenvalue weighted by molar-refractivity contribution is 0.174. The van der Waals surface area contributed by atoms with Gasteiger partial charge in [-0.3, -0.25) is 9.69 Å². The van der Waals surface area contributed by atoms with Crippen LogP contribution in [0.5, 0.6) is 11.5 Å². The molecule has 4 heterocycles. The van der Waals surface area contributed by atoms with E-state index in [1.54, 1.807) is 4.68 Å². The predicted molar refractivity (Wildman–Crippen MR) is 126 cm³/mol. The van der Waals surface area contributed by atoms with E-state index in [2.05, 4.69) is 44.5 Å². The fourth-order valence-electron chi connectivity index (χ4n) is 5.14. The minimum atomic E-state index is -0.333. The Hall–Kier alpha value is -3.72. The van der Waals surface area contributed by atoms with E-state index in [0.717, 1.165) is 65.0 Å². The van der Waals surface area contributed by atoms with Crippen molar-refractivity contribution in [1.29, 1.82) is 0 Å². The fourth-order valence-corrected chi connectivity index (χ4v) is 5.14. The van der Waals surface area contributed by atoms with Crippen LogP contribution in [0.4, 0.5) is 0 Å². The highest BCUT2D eigenvalue weighted by molar-refractivity contribution is 5.83. The van der Waals surface area contributed by atoms with E-state index in [1.807, 2.05) is 31.2 Å². The summed E-state index contributed by atoms with van der Waals surface area (Å²) >= 11 is 0. The molecule has 0 spiro atoms. The van der Waals surface area contributed by atoms with Gasteiger partial charge in [-0.2, -0.15) is 0 Å². The molecule has 34 heavy (non-hydrogen) atoms. The van der Waals surface area contributed by atoms with E-state index in [4.69, 9.17) is 9.47 Å². The van der Waals surface area contributed by atoms with Crippen molar-refractivity contribution < 1.29 is 9.47 Å². The van der Waals surface area contributed by atoms with Crippen molar-refractivity contribution in [1.82, 2.24) is 30.1 Å². The minimum Gasteiger partial charge on any atom is -0.454 e. The molecule has 4 aromatic rings. The Bertz CT molecular complexity index is 1440. The maximum absolute atomic E-state index is 13.4. The van der Waals surface area contributed by atoms with Gasteiger partial charge in [0.1, 0.15) is 6.04 Å². The van der Waals surface area contributed by atoms with Crippen LogP contribution in [0.15, 0.2) is 41.2 Å². The molecular formula is C25H26N6O3. The van der Waals surface area contributed by atoms with Crippen molar-refractivity contribution in [3.05, 3.63) is 74.8 Å². The minimum absolute atomic E-state index is 0.103. The average Bonchev–Trinajstić information content (AvgIpc) is 3.58. The zero-order valence-corrected chi connectivity index (χ0v) is 19.2. The second-order valence-corrected chi connectivity index (χ2v) is 9.13. The summed E-state index contributed by atoms with van der Waals surface area (Å²) in [5, 5.41) is 13.7. The van der Waals surface area contributed by atoms with Crippen molar-refractivity contribution >= 4 is 10.9 Å². The molecule has 0 saturated carbocycles. The molecule has 9 nitrogen and oxygen atoms in total. The van der Waals surface area contributed by atoms with Crippen LogP contribution in [-0.2, 0) is 6.54 Å². The summed E-state index contributed by atoms with van der Waals surface area (Å²) in [5.41, 5.74) is 4.66. The number of aromatic nitrogens is 5. The lowest BCUT2D eigenvalue weighted by Gasteiger charge is -2.26. The number of likely N-dealkylation sites (tertiary alicyclic amines) is 1. The Labute approximate surface area is 196 Å². The van der Waals surface area contributed by atoms with Gasteiger partial charge < -0.3 is 14.5 Å². The molecule has 1 fully saturated rings. The summed E-state index contributed by atoms with van der Waals surface area (Å²) in [4.78, 5) is 18.8. The number of tetrazole rings is 1. The van der Waals surface area contributed by atoms with Gasteiger partial charge in [-0.1, -0.05) is 17.7 Å². The summed E-state index contributed by atoms with van der Waals surface area (Å²) in [7, 11) is 0. The Morgan fingerprint density at radius 3 is 2.74 bits per heavy atom. The molecule has 0 aliphatic carbocycles. The lowest BCUT2D eigenvalue weighted by atomic mass is 10.0. The molecule has 0 unspecified atom stereocenters. The molecule has 6 rings (SSSR count). The Balaban J connectivity index is 1.44. The summed E-state index contributed by atoms with van der Waals surface area (Å²) in [6.07, 6.45) is 2.17. The molecule has 0 amide bonds. The lowest BCUT2D eigenvalue weighted by Crippen LogP contribution is -2.33. The van der Waals surface area contributed by atoms with Crippen LogP contribution >= 0.6 is 0 Å². The molecule has 2 aliphatic rings. The number of nitrogens with one attached hydrogen (secondary N) is 1. The predicted octanol–water partition coefficient (Wildman–Crippen LogP) is 3.09. The molecule has 174 valence electrons. The number of benzene rings is 2. The molecule has 2 aliphatic heterocycles. The second kappa shape index (κ2) is 8.25. The van der Waals surface area contributed by atoms with Crippen molar-refractivity contribution in [2.75, 3.05) is 19.9 Å². The smallest absolute Gasteiger partial charge is 0.253 e. The highest BCUT2D eigenvalue weighted by Gasteiger charge is 2.32. The average molecular weight is 459 g/mol. The van der Waals surface area contributed by atoms with Crippen molar-refractivity contribution in [3.63, 3.8) is 0 Å². The van der Waals surface area contributed by atoms with Crippen LogP contribution in [0.1, 0.15) is 47.0 Å². The van der Waals surface area contributed by atoms with E-state index >= 15 is 0 Å². The summed E-state index contributed by atoms with van der Waals surface area (Å²) < 4.78 is 12.7. The molecular weight excluding hydrogens is 432 g/mol. The fraction of sp³-hybridized carbons (Fsp3) is 0.360. The normalized spacial score (nSPS) is 16.4. The quantitative estimate of drug-likeness (QED) is 0.491. The first-order valence-electron chi connectivity index (χ1n) is 11.6. The zero-order valence-electron chi connectivity index (χ0n) is 19.2. The maximum atomic E-state index is 13.4. The summed E-state index contributed by atoms with van der Waals surface area (Å²) in [6, 6.07) is 11.7. The molecule has 9 heteroatoms. The van der Waals surface area contributed by atoms with Gasteiger partial charge in [-0.25, -0.2) is 4.68 Å². The molecule has 1 N–H and O–H groups in total. The number of fused-ring (bicyclic) bond motifs is 2. The van der Waals surface area contributed by atoms with Gasteiger partial charge in [0.25, 0.3) is 5.56 Å². The first-order valence-corrected chi connectivity index (χ1v) is 11.6. The van der Waals surface area contributed by atoms with E-state index in [1.165, 1.54) is 0 Å². The van der Waals surface area contributed by atoms with Crippen LogP contribution < -0.4 is 15.0 Å². The van der Waals surface area contributed by atoms with Gasteiger partial charge in [-0.15, -0.1) is 5.10 Å². The monoisotopic (exact) mass is 458 g/mol. The number of aromatic amines is 1. The number of nitrogens with zero attached hydrogens (tertiary/aromatic N) is 5. The molecule has 2 aromatic carbocycles. The highest BCUT2D eigenvalue weighted by atomic mass is 16.7. The van der Waals surface area contributed by atoms with Crippen LogP contribution in [0.25, 0.3) is 10.9 Å². The molecule has 1 atom stereocenters. The van der Waals surface area contributed by atoms with Crippen LogP contribution in [0.2, 0.25) is 0 Å². The highest BCUT2D eigenvalue weighted by Crippen LogP contribution is 2.34. The van der Waals surface area contributed by atoms with E-state index in [0.29, 0.717) is 17.9 Å². The van der Waals surface area contributed by atoms with Crippen LogP contribution in [-0.4, -0.2) is 50.0 Å². The number of H-pyrrole nitrogens is 1. The summed E-state index contributed by atoms with van der Waals surface area (Å²) in [5.74, 6) is 2.12. The first kappa shape index (κ1) is 20.9. The SMILES string of the molecule is Cc1cc(C)c2[nH]c(=O)c([C@H](c3nnnn3Cc3ccc4c(c3)OCO4)N3CCCC3)cc2c1. The Morgan fingerprint density at radius 1 is 1.06 bits per heavy atom. The van der Waals surface area contributed by atoms with E-state index < -0.39 is 0 Å². The summed E-state index contributed by atoms with van der Waals surface area (Å²) in [6.45, 7) is 6.58. The second-order valence-electron chi connectivity index (χ2n) is 9.13. The van der Waals surface area contributed by atoms with Crippen LogP contribution in [0, 0.1) is 13.8 Å². The molecule has 2 aromatic heterocycles. The largest absolute Gasteiger partial charge is 0.454 e. The third-order valence-corrected chi connectivity index (χ3v) is 6.70. The number of hydrogen-bond acceptors (Lipinski definition) is 7. The first-order chi connectivity index (χ1) is 16.6. The van der Waals surface area contributed by atoms with E-state index in [9.17, 15) is 4.79 Å². The van der Waals surface area contributed by atoms with Gasteiger partial charge in [0.2, 0.25) is 6.79 Å². The number of hydrogen-bond donors (Lipinski definition) is 1. The van der Waals surface area contributed by atoms with Gasteiger partial charge in [0.15, 0.2) is 17.3 Å². The topological polar surface area (TPSA) is 98.2 Å². The third kappa shape index (κ3) is 3.62. The van der Waals surface area contributed by atoms with Gasteiger partial charge in [-0.05, 0) is 91.0 Å². The van der Waals surface area contributed by atoms with E-state index in [-0.39, 0.29) is 18.4 Å². The van der Waals surface area contributed by atoms with Gasteiger partial charge in [0, 0.05) is 5.56 Å².